The van der Waals surface area contributed by atoms with Crippen molar-refractivity contribution in [1.29, 1.82) is 0 Å². The van der Waals surface area contributed by atoms with Crippen molar-refractivity contribution < 1.29 is 17.3 Å². The van der Waals surface area contributed by atoms with Crippen LogP contribution >= 0.6 is 0 Å². The van der Waals surface area contributed by atoms with Gasteiger partial charge in [0.25, 0.3) is 5.89 Å². The van der Waals surface area contributed by atoms with Crippen LogP contribution in [0.25, 0.3) is 11.7 Å². The van der Waals surface area contributed by atoms with E-state index in [1.165, 1.54) is 0 Å². The molecule has 0 N–H and O–H groups in total. The average Bonchev–Trinajstić information content (AvgIpc) is 3.39. The van der Waals surface area contributed by atoms with Gasteiger partial charge in [0, 0.05) is 19.0 Å². The second kappa shape index (κ2) is 7.42. The first kappa shape index (κ1) is 19.8. The van der Waals surface area contributed by atoms with Gasteiger partial charge < -0.3 is 8.83 Å². The molecule has 0 saturated carbocycles. The number of hydrogen-bond acceptors (Lipinski definition) is 6. The third-order valence-electron chi connectivity index (χ3n) is 5.33. The van der Waals surface area contributed by atoms with Crippen LogP contribution in [0.1, 0.15) is 51.0 Å². The lowest BCUT2D eigenvalue weighted by Gasteiger charge is -2.29. The summed E-state index contributed by atoms with van der Waals surface area (Å²) in [5.74, 6) is 1.45. The molecule has 3 heterocycles. The number of rotatable bonds is 4. The van der Waals surface area contributed by atoms with E-state index in [4.69, 9.17) is 8.83 Å². The number of hydrogen-bond donors (Lipinski definition) is 0. The van der Waals surface area contributed by atoms with Crippen LogP contribution < -0.4 is 0 Å². The maximum atomic E-state index is 13.0. The molecule has 7 nitrogen and oxygen atoms in total. The highest BCUT2D eigenvalue weighted by Crippen LogP contribution is 2.32. The van der Waals surface area contributed by atoms with E-state index in [-0.39, 0.29) is 11.3 Å². The van der Waals surface area contributed by atoms with Crippen molar-refractivity contribution in [2.24, 2.45) is 0 Å². The molecular weight excluding hydrogens is 390 g/mol. The predicted molar refractivity (Wildman–Crippen MR) is 108 cm³/mol. The second-order valence-electron chi connectivity index (χ2n) is 8.38. The number of aromatic nitrogens is 2. The Balaban J connectivity index is 1.43. The minimum atomic E-state index is -3.51. The van der Waals surface area contributed by atoms with Gasteiger partial charge in [0.2, 0.25) is 15.9 Å². The number of nitrogens with zero attached hydrogens (tertiary/aromatic N) is 3. The van der Waals surface area contributed by atoms with E-state index >= 15 is 0 Å². The van der Waals surface area contributed by atoms with Crippen molar-refractivity contribution in [1.82, 2.24) is 14.5 Å². The molecular formula is C21H25N3O4S. The third kappa shape index (κ3) is 4.00. The fourth-order valence-electron chi connectivity index (χ4n) is 3.52. The highest BCUT2D eigenvalue weighted by molar-refractivity contribution is 7.89. The molecule has 0 spiro atoms. The maximum absolute atomic E-state index is 13.0. The lowest BCUT2D eigenvalue weighted by molar-refractivity contribution is 0.290. The predicted octanol–water partition coefficient (Wildman–Crippen LogP) is 4.20. The molecule has 1 aliphatic rings. The van der Waals surface area contributed by atoms with Gasteiger partial charge in [-0.2, -0.15) is 4.31 Å². The van der Waals surface area contributed by atoms with E-state index in [9.17, 15) is 8.42 Å². The standard InChI is InChI=1S/C21H25N3O4S/c1-21(2,3)16-6-8-17(9-7-16)29(25,26)24-12-10-15(11-13-24)19-22-23-20(28-19)18-5-4-14-27-18/h4-9,14-15H,10-13H2,1-3H3. The summed E-state index contributed by atoms with van der Waals surface area (Å²) in [4.78, 5) is 0.335. The zero-order chi connectivity index (χ0) is 20.6. The summed E-state index contributed by atoms with van der Waals surface area (Å²) in [5, 5.41) is 8.16. The van der Waals surface area contributed by atoms with Crippen LogP contribution in [0.3, 0.4) is 0 Å². The fourth-order valence-corrected chi connectivity index (χ4v) is 4.99. The van der Waals surface area contributed by atoms with Crippen LogP contribution in [-0.4, -0.2) is 36.0 Å². The highest BCUT2D eigenvalue weighted by atomic mass is 32.2. The monoisotopic (exact) mass is 415 g/mol. The Kier molecular flexibility index (Phi) is 5.08. The summed E-state index contributed by atoms with van der Waals surface area (Å²) in [6, 6.07) is 10.7. The third-order valence-corrected chi connectivity index (χ3v) is 7.25. The molecule has 154 valence electrons. The molecule has 8 heteroatoms. The normalized spacial score (nSPS) is 16.9. The molecule has 1 aliphatic heterocycles. The molecule has 1 aromatic carbocycles. The minimum Gasteiger partial charge on any atom is -0.459 e. The van der Waals surface area contributed by atoms with E-state index in [1.807, 2.05) is 12.1 Å². The number of piperidine rings is 1. The van der Waals surface area contributed by atoms with Crippen molar-refractivity contribution in [2.45, 2.75) is 49.8 Å². The first-order chi connectivity index (χ1) is 13.7. The Morgan fingerprint density at radius 2 is 1.72 bits per heavy atom. The molecule has 4 rings (SSSR count). The second-order valence-corrected chi connectivity index (χ2v) is 10.3. The molecule has 0 aliphatic carbocycles. The Morgan fingerprint density at radius 3 is 2.31 bits per heavy atom. The van der Waals surface area contributed by atoms with Crippen LogP contribution in [0, 0.1) is 0 Å². The Hall–Kier alpha value is -2.45. The van der Waals surface area contributed by atoms with Gasteiger partial charge in [0.1, 0.15) is 0 Å². The topological polar surface area (TPSA) is 89.4 Å². The summed E-state index contributed by atoms with van der Waals surface area (Å²) in [6.45, 7) is 7.17. The van der Waals surface area contributed by atoms with Gasteiger partial charge in [0.05, 0.1) is 11.2 Å². The molecule has 3 aromatic rings. The molecule has 0 atom stereocenters. The van der Waals surface area contributed by atoms with Crippen LogP contribution in [0.15, 0.2) is 56.4 Å². The lowest BCUT2D eigenvalue weighted by atomic mass is 9.87. The molecule has 2 aromatic heterocycles. The zero-order valence-electron chi connectivity index (χ0n) is 16.8. The number of sulfonamides is 1. The minimum absolute atomic E-state index is 0.0147. The number of benzene rings is 1. The van der Waals surface area contributed by atoms with Crippen molar-refractivity contribution in [3.63, 3.8) is 0 Å². The summed E-state index contributed by atoms with van der Waals surface area (Å²) in [7, 11) is -3.51. The Morgan fingerprint density at radius 1 is 1.03 bits per heavy atom. The molecule has 0 bridgehead atoms. The van der Waals surface area contributed by atoms with Crippen molar-refractivity contribution in [3.05, 3.63) is 54.1 Å². The van der Waals surface area contributed by atoms with E-state index in [1.54, 1.807) is 34.8 Å². The van der Waals surface area contributed by atoms with Crippen molar-refractivity contribution in [2.75, 3.05) is 13.1 Å². The fraction of sp³-hybridized carbons (Fsp3) is 0.429. The van der Waals surface area contributed by atoms with Crippen molar-refractivity contribution >= 4 is 10.0 Å². The summed E-state index contributed by atoms with van der Waals surface area (Å²) in [5.41, 5.74) is 1.10. The quantitative estimate of drug-likeness (QED) is 0.634. The van der Waals surface area contributed by atoms with Crippen LogP contribution in [0.2, 0.25) is 0 Å². The lowest BCUT2D eigenvalue weighted by Crippen LogP contribution is -2.38. The van der Waals surface area contributed by atoms with Gasteiger partial charge >= 0.3 is 0 Å². The Bertz CT molecular complexity index is 1060. The molecule has 1 fully saturated rings. The van der Waals surface area contributed by atoms with Gasteiger partial charge in [-0.1, -0.05) is 32.9 Å². The van der Waals surface area contributed by atoms with E-state index in [2.05, 4.69) is 31.0 Å². The van der Waals surface area contributed by atoms with Gasteiger partial charge in [-0.05, 0) is 48.1 Å². The smallest absolute Gasteiger partial charge is 0.283 e. The molecule has 0 amide bonds. The highest BCUT2D eigenvalue weighted by Gasteiger charge is 2.32. The summed E-state index contributed by atoms with van der Waals surface area (Å²) in [6.07, 6.45) is 2.83. The largest absolute Gasteiger partial charge is 0.459 e. The van der Waals surface area contributed by atoms with Crippen LogP contribution in [0.5, 0.6) is 0 Å². The van der Waals surface area contributed by atoms with Gasteiger partial charge in [0.15, 0.2) is 5.76 Å². The first-order valence-corrected chi connectivity index (χ1v) is 11.2. The molecule has 1 saturated heterocycles. The van der Waals surface area contributed by atoms with E-state index < -0.39 is 10.0 Å². The zero-order valence-corrected chi connectivity index (χ0v) is 17.6. The van der Waals surface area contributed by atoms with Gasteiger partial charge in [-0.3, -0.25) is 0 Å². The average molecular weight is 416 g/mol. The van der Waals surface area contributed by atoms with E-state index in [0.717, 1.165) is 5.56 Å². The number of furan rings is 1. The van der Waals surface area contributed by atoms with Crippen molar-refractivity contribution in [3.8, 4) is 11.7 Å². The van der Waals surface area contributed by atoms with Gasteiger partial charge in [-0.15, -0.1) is 10.2 Å². The first-order valence-electron chi connectivity index (χ1n) is 9.73. The molecule has 0 unspecified atom stereocenters. The van der Waals surface area contributed by atoms with E-state index in [0.29, 0.717) is 48.4 Å². The molecule has 29 heavy (non-hydrogen) atoms. The van der Waals surface area contributed by atoms with Crippen LogP contribution in [0.4, 0.5) is 0 Å². The maximum Gasteiger partial charge on any atom is 0.283 e. The Labute approximate surface area is 170 Å². The summed E-state index contributed by atoms with van der Waals surface area (Å²) >= 11 is 0. The van der Waals surface area contributed by atoms with Crippen LogP contribution in [-0.2, 0) is 15.4 Å². The SMILES string of the molecule is CC(C)(C)c1ccc(S(=O)(=O)N2CCC(c3nnc(-c4ccco4)o3)CC2)cc1. The molecule has 0 radical (unpaired) electrons. The summed E-state index contributed by atoms with van der Waals surface area (Å²) < 4.78 is 38.6. The van der Waals surface area contributed by atoms with Gasteiger partial charge in [-0.25, -0.2) is 8.42 Å².